The summed E-state index contributed by atoms with van der Waals surface area (Å²) in [4.78, 5) is 31.8. The summed E-state index contributed by atoms with van der Waals surface area (Å²) < 4.78 is 0. The van der Waals surface area contributed by atoms with Crippen LogP contribution in [0.4, 0.5) is 0 Å². The zero-order valence-electron chi connectivity index (χ0n) is 13.7. The molecule has 1 aliphatic carbocycles. The molecular formula is C16H25N3O3. The number of nitrogens with zero attached hydrogens (tertiary/aromatic N) is 1. The molecule has 1 fully saturated rings. The van der Waals surface area contributed by atoms with Gasteiger partial charge in [0, 0.05) is 18.1 Å². The fourth-order valence-electron chi connectivity index (χ4n) is 2.51. The number of nitrogens with one attached hydrogen (secondary N) is 2. The van der Waals surface area contributed by atoms with E-state index < -0.39 is 11.5 Å². The van der Waals surface area contributed by atoms with E-state index in [1.807, 2.05) is 20.8 Å². The highest BCUT2D eigenvalue weighted by atomic mass is 16.3. The lowest BCUT2D eigenvalue weighted by atomic mass is 9.95. The van der Waals surface area contributed by atoms with Gasteiger partial charge in [0.15, 0.2) is 0 Å². The lowest BCUT2D eigenvalue weighted by Crippen LogP contribution is -2.41. The minimum absolute atomic E-state index is 0.0258. The molecule has 1 unspecified atom stereocenters. The fourth-order valence-corrected chi connectivity index (χ4v) is 2.51. The molecule has 0 radical (unpaired) electrons. The Labute approximate surface area is 130 Å². The lowest BCUT2D eigenvalue weighted by Gasteiger charge is -2.20. The van der Waals surface area contributed by atoms with Gasteiger partial charge < -0.3 is 15.4 Å². The molecule has 1 aromatic heterocycles. The first-order valence-corrected chi connectivity index (χ1v) is 7.77. The highest BCUT2D eigenvalue weighted by molar-refractivity contribution is 5.95. The number of aromatic amines is 1. The second-order valence-electron chi connectivity index (χ2n) is 7.05. The van der Waals surface area contributed by atoms with Crippen molar-refractivity contribution in [2.24, 2.45) is 5.92 Å². The number of rotatable bonds is 5. The van der Waals surface area contributed by atoms with E-state index in [0.29, 0.717) is 23.9 Å². The summed E-state index contributed by atoms with van der Waals surface area (Å²) in [7, 11) is 0. The first kappa shape index (κ1) is 16.7. The van der Waals surface area contributed by atoms with Gasteiger partial charge in [0.25, 0.3) is 11.5 Å². The smallest absolute Gasteiger partial charge is 0.264 e. The van der Waals surface area contributed by atoms with Crippen LogP contribution in [0, 0.1) is 12.8 Å². The summed E-state index contributed by atoms with van der Waals surface area (Å²) in [6.07, 6.45) is 2.63. The Hall–Kier alpha value is -1.69. The second kappa shape index (κ2) is 6.20. The maximum Gasteiger partial charge on any atom is 0.264 e. The number of H-pyrrole nitrogens is 1. The number of aliphatic hydroxyl groups excluding tert-OH is 1. The largest absolute Gasteiger partial charge is 0.396 e. The number of aromatic nitrogens is 2. The van der Waals surface area contributed by atoms with Crippen LogP contribution in [0.25, 0.3) is 0 Å². The zero-order chi connectivity index (χ0) is 16.5. The Morgan fingerprint density at radius 3 is 2.55 bits per heavy atom. The van der Waals surface area contributed by atoms with Gasteiger partial charge in [-0.2, -0.15) is 0 Å². The van der Waals surface area contributed by atoms with Gasteiger partial charge in [-0.15, -0.1) is 0 Å². The van der Waals surface area contributed by atoms with Crippen molar-refractivity contribution >= 4 is 5.91 Å². The summed E-state index contributed by atoms with van der Waals surface area (Å²) in [6.45, 7) is 7.56. The number of hydrogen-bond acceptors (Lipinski definition) is 4. The molecule has 122 valence electrons. The van der Waals surface area contributed by atoms with E-state index in [4.69, 9.17) is 5.11 Å². The molecule has 6 heteroatoms. The van der Waals surface area contributed by atoms with Crippen molar-refractivity contribution in [3.8, 4) is 0 Å². The number of hydrogen-bond donors (Lipinski definition) is 3. The molecule has 1 heterocycles. The van der Waals surface area contributed by atoms with Crippen LogP contribution in [0.5, 0.6) is 0 Å². The standard InChI is InChI=1S/C16H25N3O3/c1-9-12(14(22)19-15(17-9)16(2,3)4)13(21)18-11(7-8-20)10-5-6-10/h10-11,20H,5-8H2,1-4H3,(H,18,21)(H,17,19,22). The second-order valence-corrected chi connectivity index (χ2v) is 7.05. The normalized spacial score (nSPS) is 16.4. The van der Waals surface area contributed by atoms with Gasteiger partial charge >= 0.3 is 0 Å². The molecule has 0 aromatic carbocycles. The van der Waals surface area contributed by atoms with E-state index in [-0.39, 0.29) is 23.6 Å². The molecule has 6 nitrogen and oxygen atoms in total. The molecule has 0 bridgehead atoms. The van der Waals surface area contributed by atoms with Crippen LogP contribution in [-0.4, -0.2) is 33.6 Å². The van der Waals surface area contributed by atoms with E-state index >= 15 is 0 Å². The van der Waals surface area contributed by atoms with Gasteiger partial charge in [-0.25, -0.2) is 4.98 Å². The molecule has 1 saturated carbocycles. The summed E-state index contributed by atoms with van der Waals surface area (Å²) in [5, 5.41) is 12.0. The molecule has 1 aromatic rings. The molecule has 0 spiro atoms. The highest BCUT2D eigenvalue weighted by Crippen LogP contribution is 2.34. The van der Waals surface area contributed by atoms with Crippen LogP contribution in [0.15, 0.2) is 4.79 Å². The van der Waals surface area contributed by atoms with Crippen LogP contribution >= 0.6 is 0 Å². The summed E-state index contributed by atoms with van der Waals surface area (Å²) in [6, 6.07) is -0.0707. The van der Waals surface area contributed by atoms with Crippen molar-refractivity contribution in [3.05, 3.63) is 27.4 Å². The van der Waals surface area contributed by atoms with Crippen LogP contribution in [-0.2, 0) is 5.41 Å². The lowest BCUT2D eigenvalue weighted by molar-refractivity contribution is 0.0921. The Balaban J connectivity index is 2.24. The molecule has 0 aliphatic heterocycles. The number of carbonyl (C=O) groups is 1. The van der Waals surface area contributed by atoms with E-state index in [2.05, 4.69) is 15.3 Å². The van der Waals surface area contributed by atoms with Gasteiger partial charge in [-0.05, 0) is 32.1 Å². The van der Waals surface area contributed by atoms with E-state index in [0.717, 1.165) is 12.8 Å². The molecule has 3 N–H and O–H groups in total. The maximum absolute atomic E-state index is 12.4. The fraction of sp³-hybridized carbons (Fsp3) is 0.688. The Morgan fingerprint density at radius 1 is 1.45 bits per heavy atom. The molecule has 0 saturated heterocycles. The van der Waals surface area contributed by atoms with Gasteiger partial charge in [0.2, 0.25) is 0 Å². The van der Waals surface area contributed by atoms with Crippen molar-refractivity contribution in [1.29, 1.82) is 0 Å². The summed E-state index contributed by atoms with van der Waals surface area (Å²) >= 11 is 0. The van der Waals surface area contributed by atoms with Gasteiger partial charge in [-0.3, -0.25) is 9.59 Å². The molecule has 2 rings (SSSR count). The molecule has 1 aliphatic rings. The predicted octanol–water partition coefficient (Wildman–Crippen LogP) is 1.27. The van der Waals surface area contributed by atoms with E-state index in [1.54, 1.807) is 6.92 Å². The Morgan fingerprint density at radius 2 is 2.09 bits per heavy atom. The number of aliphatic hydroxyl groups is 1. The van der Waals surface area contributed by atoms with Crippen LogP contribution < -0.4 is 10.9 Å². The molecule has 1 amide bonds. The van der Waals surface area contributed by atoms with Crippen molar-refractivity contribution in [1.82, 2.24) is 15.3 Å². The SMILES string of the molecule is Cc1nc(C(C)(C)C)[nH]c(=O)c1C(=O)NC(CCO)C1CC1. The van der Waals surface area contributed by atoms with Crippen LogP contribution in [0.3, 0.4) is 0 Å². The predicted molar refractivity (Wildman–Crippen MR) is 84.0 cm³/mol. The third-order valence-electron chi connectivity index (χ3n) is 3.99. The van der Waals surface area contributed by atoms with Gasteiger partial charge in [0.05, 0.1) is 5.69 Å². The topological polar surface area (TPSA) is 95.1 Å². The third kappa shape index (κ3) is 3.74. The first-order chi connectivity index (χ1) is 10.2. The van der Waals surface area contributed by atoms with Crippen LogP contribution in [0.2, 0.25) is 0 Å². The molecular weight excluding hydrogens is 282 g/mol. The zero-order valence-corrected chi connectivity index (χ0v) is 13.7. The summed E-state index contributed by atoms with van der Waals surface area (Å²) in [5.41, 5.74) is -0.193. The Kier molecular flexibility index (Phi) is 4.70. The van der Waals surface area contributed by atoms with E-state index in [9.17, 15) is 9.59 Å². The minimum atomic E-state index is -0.409. The van der Waals surface area contributed by atoms with Crippen LogP contribution in [0.1, 0.15) is 61.9 Å². The average Bonchev–Trinajstić information content (AvgIpc) is 3.20. The molecule has 22 heavy (non-hydrogen) atoms. The quantitative estimate of drug-likeness (QED) is 0.763. The van der Waals surface area contributed by atoms with Crippen molar-refractivity contribution in [2.75, 3.05) is 6.61 Å². The first-order valence-electron chi connectivity index (χ1n) is 7.77. The number of carbonyl (C=O) groups excluding carboxylic acids is 1. The van der Waals surface area contributed by atoms with E-state index in [1.165, 1.54) is 0 Å². The highest BCUT2D eigenvalue weighted by Gasteiger charge is 2.33. The third-order valence-corrected chi connectivity index (χ3v) is 3.99. The Bertz CT molecular complexity index is 612. The van der Waals surface area contributed by atoms with Crippen molar-refractivity contribution in [2.45, 2.75) is 58.4 Å². The van der Waals surface area contributed by atoms with Crippen molar-refractivity contribution in [3.63, 3.8) is 0 Å². The number of amides is 1. The number of aryl methyl sites for hydroxylation is 1. The van der Waals surface area contributed by atoms with Gasteiger partial charge in [0.1, 0.15) is 11.4 Å². The maximum atomic E-state index is 12.4. The van der Waals surface area contributed by atoms with Crippen molar-refractivity contribution < 1.29 is 9.90 Å². The summed E-state index contributed by atoms with van der Waals surface area (Å²) in [5.74, 6) is 0.579. The average molecular weight is 307 g/mol. The molecule has 1 atom stereocenters. The monoisotopic (exact) mass is 307 g/mol. The minimum Gasteiger partial charge on any atom is -0.396 e. The van der Waals surface area contributed by atoms with Gasteiger partial charge in [-0.1, -0.05) is 20.8 Å².